The number of nitrogens with one attached hydrogen (secondary N) is 1. The topological polar surface area (TPSA) is 15.3 Å². The van der Waals surface area contributed by atoms with E-state index >= 15 is 0 Å². The van der Waals surface area contributed by atoms with Crippen molar-refractivity contribution in [3.63, 3.8) is 0 Å². The van der Waals surface area contributed by atoms with Crippen LogP contribution in [0.3, 0.4) is 0 Å². The summed E-state index contributed by atoms with van der Waals surface area (Å²) in [4.78, 5) is 2.66. The molecule has 0 aromatic carbocycles. The monoisotopic (exact) mass is 226 g/mol. The molecule has 0 aromatic heterocycles. The Kier molecular flexibility index (Phi) is 5.77. The summed E-state index contributed by atoms with van der Waals surface area (Å²) in [6, 6.07) is 1.44. The molecular formula is C14H30N2. The molecule has 0 aromatic rings. The molecule has 96 valence electrons. The molecule has 0 saturated carbocycles. The van der Waals surface area contributed by atoms with Gasteiger partial charge in [-0.15, -0.1) is 0 Å². The van der Waals surface area contributed by atoms with Crippen LogP contribution in [0.4, 0.5) is 0 Å². The lowest BCUT2D eigenvalue weighted by molar-refractivity contribution is 0.210. The van der Waals surface area contributed by atoms with Crippen LogP contribution in [-0.2, 0) is 0 Å². The quantitative estimate of drug-likeness (QED) is 0.749. The molecule has 1 aliphatic heterocycles. The van der Waals surface area contributed by atoms with Gasteiger partial charge in [0, 0.05) is 25.2 Å². The minimum Gasteiger partial charge on any atom is -0.312 e. The average Bonchev–Trinajstić information content (AvgIpc) is 2.51. The Bertz CT molecular complexity index is 191. The van der Waals surface area contributed by atoms with Crippen molar-refractivity contribution < 1.29 is 0 Å². The van der Waals surface area contributed by atoms with Crippen LogP contribution in [-0.4, -0.2) is 36.6 Å². The number of nitrogens with zero attached hydrogens (tertiary/aromatic N) is 1. The number of hydrogen-bond donors (Lipinski definition) is 1. The van der Waals surface area contributed by atoms with Crippen molar-refractivity contribution in [3.05, 3.63) is 0 Å². The highest BCUT2D eigenvalue weighted by Crippen LogP contribution is 2.23. The van der Waals surface area contributed by atoms with Gasteiger partial charge in [-0.25, -0.2) is 0 Å². The fourth-order valence-electron chi connectivity index (χ4n) is 2.73. The molecule has 2 heteroatoms. The third-order valence-corrected chi connectivity index (χ3v) is 3.81. The second-order valence-corrected chi connectivity index (χ2v) is 5.95. The molecule has 1 N–H and O–H groups in total. The number of rotatable bonds is 6. The van der Waals surface area contributed by atoms with Crippen LogP contribution in [0.5, 0.6) is 0 Å². The minimum atomic E-state index is 0.660. The zero-order valence-corrected chi connectivity index (χ0v) is 11.8. The third kappa shape index (κ3) is 4.06. The van der Waals surface area contributed by atoms with E-state index in [4.69, 9.17) is 0 Å². The summed E-state index contributed by atoms with van der Waals surface area (Å²) in [6.45, 7) is 15.3. The molecule has 1 fully saturated rings. The van der Waals surface area contributed by atoms with Gasteiger partial charge in [-0.3, -0.25) is 4.90 Å². The summed E-state index contributed by atoms with van der Waals surface area (Å²) in [5, 5.41) is 3.69. The molecule has 0 aliphatic carbocycles. The Morgan fingerprint density at radius 2 is 2.00 bits per heavy atom. The van der Waals surface area contributed by atoms with E-state index < -0.39 is 0 Å². The van der Waals surface area contributed by atoms with Crippen molar-refractivity contribution >= 4 is 0 Å². The van der Waals surface area contributed by atoms with Gasteiger partial charge in [-0.05, 0) is 38.1 Å². The Morgan fingerprint density at radius 1 is 1.31 bits per heavy atom. The molecule has 1 aliphatic rings. The van der Waals surface area contributed by atoms with E-state index in [1.54, 1.807) is 0 Å². The van der Waals surface area contributed by atoms with Gasteiger partial charge in [0.2, 0.25) is 0 Å². The fourth-order valence-corrected chi connectivity index (χ4v) is 2.73. The zero-order valence-electron chi connectivity index (χ0n) is 11.8. The van der Waals surface area contributed by atoms with Crippen LogP contribution in [0.2, 0.25) is 0 Å². The molecule has 0 spiro atoms. The van der Waals surface area contributed by atoms with Crippen LogP contribution >= 0.6 is 0 Å². The van der Waals surface area contributed by atoms with E-state index in [1.807, 2.05) is 0 Å². The van der Waals surface area contributed by atoms with E-state index in [-0.39, 0.29) is 0 Å². The van der Waals surface area contributed by atoms with Crippen LogP contribution < -0.4 is 5.32 Å². The van der Waals surface area contributed by atoms with Crippen molar-refractivity contribution in [2.24, 2.45) is 11.8 Å². The molecule has 0 bridgehead atoms. The highest BCUT2D eigenvalue weighted by atomic mass is 15.2. The molecule has 16 heavy (non-hydrogen) atoms. The molecule has 1 saturated heterocycles. The first-order valence-electron chi connectivity index (χ1n) is 7.02. The van der Waals surface area contributed by atoms with Crippen molar-refractivity contribution in [1.29, 1.82) is 0 Å². The van der Waals surface area contributed by atoms with Gasteiger partial charge in [0.25, 0.3) is 0 Å². The first kappa shape index (κ1) is 14.0. The van der Waals surface area contributed by atoms with Gasteiger partial charge >= 0.3 is 0 Å². The first-order valence-corrected chi connectivity index (χ1v) is 7.02. The van der Waals surface area contributed by atoms with E-state index in [0.29, 0.717) is 6.04 Å². The van der Waals surface area contributed by atoms with Crippen molar-refractivity contribution in [2.75, 3.05) is 19.6 Å². The standard InChI is InChI=1S/C14H30N2/c1-6-7-15-14(11(2)3)10-16-9-12(4)8-13(16)5/h11-15H,6-10H2,1-5H3. The van der Waals surface area contributed by atoms with Gasteiger partial charge in [-0.2, -0.15) is 0 Å². The third-order valence-electron chi connectivity index (χ3n) is 3.81. The summed E-state index contributed by atoms with van der Waals surface area (Å²) in [5.74, 6) is 1.61. The maximum atomic E-state index is 3.69. The highest BCUT2D eigenvalue weighted by molar-refractivity contribution is 4.84. The maximum Gasteiger partial charge on any atom is 0.0218 e. The highest BCUT2D eigenvalue weighted by Gasteiger charge is 2.28. The van der Waals surface area contributed by atoms with E-state index in [1.165, 1.54) is 25.9 Å². The summed E-state index contributed by atoms with van der Waals surface area (Å²) >= 11 is 0. The Morgan fingerprint density at radius 3 is 2.44 bits per heavy atom. The first-order chi connectivity index (χ1) is 7.54. The average molecular weight is 226 g/mol. The van der Waals surface area contributed by atoms with E-state index in [0.717, 1.165) is 24.4 Å². The number of hydrogen-bond acceptors (Lipinski definition) is 2. The van der Waals surface area contributed by atoms with Crippen molar-refractivity contribution in [3.8, 4) is 0 Å². The smallest absolute Gasteiger partial charge is 0.0218 e. The molecule has 3 atom stereocenters. The van der Waals surface area contributed by atoms with Gasteiger partial charge in [-0.1, -0.05) is 27.7 Å². The molecule has 1 heterocycles. The van der Waals surface area contributed by atoms with Gasteiger partial charge < -0.3 is 5.32 Å². The maximum absolute atomic E-state index is 3.69. The summed E-state index contributed by atoms with van der Waals surface area (Å²) in [7, 11) is 0. The van der Waals surface area contributed by atoms with Crippen molar-refractivity contribution in [2.45, 2.75) is 59.5 Å². The van der Waals surface area contributed by atoms with E-state index in [9.17, 15) is 0 Å². The predicted octanol–water partition coefficient (Wildman–Crippen LogP) is 2.74. The fraction of sp³-hybridized carbons (Fsp3) is 1.00. The second-order valence-electron chi connectivity index (χ2n) is 5.95. The summed E-state index contributed by atoms with van der Waals surface area (Å²) in [5.41, 5.74) is 0. The Balaban J connectivity index is 2.41. The lowest BCUT2D eigenvalue weighted by atomic mass is 10.0. The largest absolute Gasteiger partial charge is 0.312 e. The predicted molar refractivity (Wildman–Crippen MR) is 71.7 cm³/mol. The van der Waals surface area contributed by atoms with Gasteiger partial charge in [0.15, 0.2) is 0 Å². The lowest BCUT2D eigenvalue weighted by Crippen LogP contribution is -2.45. The molecule has 0 amide bonds. The zero-order chi connectivity index (χ0) is 12.1. The van der Waals surface area contributed by atoms with Gasteiger partial charge in [0.05, 0.1) is 0 Å². The Labute approximate surface area is 102 Å². The van der Waals surface area contributed by atoms with Crippen molar-refractivity contribution in [1.82, 2.24) is 10.2 Å². The molecule has 1 rings (SSSR count). The summed E-state index contributed by atoms with van der Waals surface area (Å²) < 4.78 is 0. The van der Waals surface area contributed by atoms with E-state index in [2.05, 4.69) is 44.8 Å². The van der Waals surface area contributed by atoms with Crippen LogP contribution in [0, 0.1) is 11.8 Å². The minimum absolute atomic E-state index is 0.660. The summed E-state index contributed by atoms with van der Waals surface area (Å²) in [6.07, 6.45) is 2.60. The molecule has 2 nitrogen and oxygen atoms in total. The normalized spacial score (nSPS) is 28.9. The van der Waals surface area contributed by atoms with Crippen LogP contribution in [0.25, 0.3) is 0 Å². The van der Waals surface area contributed by atoms with Gasteiger partial charge in [0.1, 0.15) is 0 Å². The molecule has 0 radical (unpaired) electrons. The SMILES string of the molecule is CCCNC(CN1CC(C)CC1C)C(C)C. The molecule has 3 unspecified atom stereocenters. The van der Waals surface area contributed by atoms with Crippen LogP contribution in [0.15, 0.2) is 0 Å². The number of likely N-dealkylation sites (tertiary alicyclic amines) is 1. The molecular weight excluding hydrogens is 196 g/mol. The van der Waals surface area contributed by atoms with Crippen LogP contribution in [0.1, 0.15) is 47.5 Å². The second kappa shape index (κ2) is 6.61. The lowest BCUT2D eigenvalue weighted by Gasteiger charge is -2.30. The Hall–Kier alpha value is -0.0800.